The van der Waals surface area contributed by atoms with Gasteiger partial charge < -0.3 is 11.5 Å². The molecule has 1 rings (SSSR count). The number of nitrogens with two attached hydrogens (primary N) is 2. The molecule has 4 N–H and O–H groups in total. The van der Waals surface area contributed by atoms with Crippen molar-refractivity contribution in [3.8, 4) is 0 Å². The Hall–Kier alpha value is -1.84. The number of benzene rings is 1. The van der Waals surface area contributed by atoms with Crippen molar-refractivity contribution in [1.82, 2.24) is 0 Å². The molecule has 4 heteroatoms. The normalized spacial score (nSPS) is 9.75. The minimum Gasteiger partial charge on any atom is -0.370 e. The number of carbonyl (C=O) groups is 1. The molecule has 0 aliphatic carbocycles. The second-order valence-electron chi connectivity index (χ2n) is 3.61. The number of aliphatic imine (C=N–C) groups is 1. The Balaban J connectivity index is 2.24. The summed E-state index contributed by atoms with van der Waals surface area (Å²) in [5, 5.41) is 0. The van der Waals surface area contributed by atoms with Crippen LogP contribution >= 0.6 is 0 Å². The largest absolute Gasteiger partial charge is 0.370 e. The highest BCUT2D eigenvalue weighted by Crippen LogP contribution is 2.03. The highest BCUT2D eigenvalue weighted by atomic mass is 16.1. The molecule has 0 unspecified atom stereocenters. The molecule has 0 aliphatic rings. The number of rotatable bonds is 6. The number of carbonyl (C=O) groups excluding carboxylic acids is 1. The van der Waals surface area contributed by atoms with Crippen LogP contribution in [0, 0.1) is 0 Å². The van der Waals surface area contributed by atoms with E-state index in [0.717, 1.165) is 5.56 Å². The van der Waals surface area contributed by atoms with E-state index in [9.17, 15) is 4.79 Å². The molecule has 0 spiro atoms. The van der Waals surface area contributed by atoms with Gasteiger partial charge in [0.2, 0.25) is 0 Å². The highest BCUT2D eigenvalue weighted by molar-refractivity contribution is 5.80. The van der Waals surface area contributed by atoms with Crippen molar-refractivity contribution in [2.45, 2.75) is 19.3 Å². The van der Waals surface area contributed by atoms with Crippen LogP contribution in [0.4, 0.5) is 0 Å². The van der Waals surface area contributed by atoms with E-state index in [2.05, 4.69) is 4.99 Å². The fraction of sp³-hybridized carbons (Fsp3) is 0.333. The first-order valence-electron chi connectivity index (χ1n) is 5.29. The molecule has 0 aromatic heterocycles. The van der Waals surface area contributed by atoms with Gasteiger partial charge in [0.05, 0.1) is 0 Å². The molecule has 0 fully saturated rings. The lowest BCUT2D eigenvalue weighted by Crippen LogP contribution is -2.23. The van der Waals surface area contributed by atoms with Crippen LogP contribution in [0.1, 0.15) is 18.4 Å². The van der Waals surface area contributed by atoms with Crippen LogP contribution in [0.15, 0.2) is 35.3 Å². The maximum atomic E-state index is 11.5. The summed E-state index contributed by atoms with van der Waals surface area (Å²) >= 11 is 0. The van der Waals surface area contributed by atoms with Crippen LogP contribution in [-0.4, -0.2) is 18.3 Å². The van der Waals surface area contributed by atoms with Gasteiger partial charge in [0.1, 0.15) is 5.78 Å². The lowest BCUT2D eigenvalue weighted by Gasteiger charge is -2.00. The van der Waals surface area contributed by atoms with Crippen molar-refractivity contribution < 1.29 is 4.79 Å². The van der Waals surface area contributed by atoms with Crippen molar-refractivity contribution in [3.63, 3.8) is 0 Å². The predicted molar refractivity (Wildman–Crippen MR) is 65.1 cm³/mol. The van der Waals surface area contributed by atoms with Gasteiger partial charge >= 0.3 is 0 Å². The molecule has 0 saturated carbocycles. The summed E-state index contributed by atoms with van der Waals surface area (Å²) in [7, 11) is 0. The standard InChI is InChI=1S/C12H17N3O/c13-12(14)15-8-4-7-11(16)9-10-5-2-1-3-6-10/h1-3,5-6H,4,7-9H2,(H4,13,14,15). The van der Waals surface area contributed by atoms with Crippen LogP contribution in [0.5, 0.6) is 0 Å². The third kappa shape index (κ3) is 5.14. The van der Waals surface area contributed by atoms with Gasteiger partial charge in [-0.2, -0.15) is 0 Å². The van der Waals surface area contributed by atoms with E-state index in [1.54, 1.807) is 0 Å². The van der Waals surface area contributed by atoms with E-state index in [4.69, 9.17) is 11.5 Å². The summed E-state index contributed by atoms with van der Waals surface area (Å²) in [6.45, 7) is 0.517. The minimum atomic E-state index is 0.0792. The third-order valence-electron chi connectivity index (χ3n) is 2.15. The van der Waals surface area contributed by atoms with Gasteiger partial charge in [-0.1, -0.05) is 30.3 Å². The first-order chi connectivity index (χ1) is 7.68. The quantitative estimate of drug-likeness (QED) is 0.423. The molecule has 1 aromatic carbocycles. The lowest BCUT2D eigenvalue weighted by molar-refractivity contribution is -0.118. The molecule has 0 bridgehead atoms. The molecule has 1 aromatic rings. The SMILES string of the molecule is NC(N)=NCCCC(=O)Cc1ccccc1. The summed E-state index contributed by atoms with van der Waals surface area (Å²) in [5.41, 5.74) is 11.4. The van der Waals surface area contributed by atoms with Crippen molar-refractivity contribution in [2.24, 2.45) is 16.5 Å². The molecule has 0 amide bonds. The predicted octanol–water partition coefficient (Wildman–Crippen LogP) is 0.852. The molecule has 0 radical (unpaired) electrons. The molecule has 4 nitrogen and oxygen atoms in total. The zero-order valence-electron chi connectivity index (χ0n) is 9.23. The van der Waals surface area contributed by atoms with Crippen molar-refractivity contribution in [3.05, 3.63) is 35.9 Å². The highest BCUT2D eigenvalue weighted by Gasteiger charge is 2.02. The molecule has 86 valence electrons. The fourth-order valence-electron chi connectivity index (χ4n) is 1.40. The fourth-order valence-corrected chi connectivity index (χ4v) is 1.40. The average Bonchev–Trinajstić information content (AvgIpc) is 2.25. The smallest absolute Gasteiger partial charge is 0.185 e. The van der Waals surface area contributed by atoms with Crippen LogP contribution in [0.2, 0.25) is 0 Å². The zero-order chi connectivity index (χ0) is 11.8. The van der Waals surface area contributed by atoms with E-state index in [0.29, 0.717) is 25.8 Å². The maximum Gasteiger partial charge on any atom is 0.185 e. The Bertz CT molecular complexity index is 356. The lowest BCUT2D eigenvalue weighted by atomic mass is 10.1. The summed E-state index contributed by atoms with van der Waals surface area (Å²) < 4.78 is 0. The molecule has 0 saturated heterocycles. The zero-order valence-corrected chi connectivity index (χ0v) is 9.23. The number of ketones is 1. The van der Waals surface area contributed by atoms with Crippen LogP contribution in [-0.2, 0) is 11.2 Å². The molecule has 16 heavy (non-hydrogen) atoms. The summed E-state index contributed by atoms with van der Waals surface area (Å²) in [5.74, 6) is 0.299. The average molecular weight is 219 g/mol. The van der Waals surface area contributed by atoms with E-state index in [-0.39, 0.29) is 11.7 Å². The van der Waals surface area contributed by atoms with Crippen molar-refractivity contribution >= 4 is 11.7 Å². The Kier molecular flexibility index (Phi) is 5.05. The van der Waals surface area contributed by atoms with Crippen LogP contribution in [0.25, 0.3) is 0 Å². The van der Waals surface area contributed by atoms with Gasteiger partial charge in [-0.05, 0) is 12.0 Å². The Morgan fingerprint density at radius 1 is 1.19 bits per heavy atom. The molecule has 0 atom stereocenters. The van der Waals surface area contributed by atoms with Gasteiger partial charge in [0, 0.05) is 19.4 Å². The summed E-state index contributed by atoms with van der Waals surface area (Å²) in [6, 6.07) is 9.71. The summed E-state index contributed by atoms with van der Waals surface area (Å²) in [4.78, 5) is 15.4. The monoisotopic (exact) mass is 219 g/mol. The van der Waals surface area contributed by atoms with E-state index in [1.807, 2.05) is 30.3 Å². The summed E-state index contributed by atoms with van der Waals surface area (Å²) in [6.07, 6.45) is 1.71. The van der Waals surface area contributed by atoms with Gasteiger partial charge in [-0.25, -0.2) is 0 Å². The number of Topliss-reactive ketones (excluding diaryl/α,β-unsaturated/α-hetero) is 1. The Labute approximate surface area is 95.4 Å². The first kappa shape index (κ1) is 12.2. The van der Waals surface area contributed by atoms with Gasteiger partial charge in [-0.15, -0.1) is 0 Å². The van der Waals surface area contributed by atoms with E-state index < -0.39 is 0 Å². The van der Waals surface area contributed by atoms with E-state index >= 15 is 0 Å². The molecular formula is C12H17N3O. The Morgan fingerprint density at radius 2 is 1.88 bits per heavy atom. The molecule has 0 heterocycles. The molecular weight excluding hydrogens is 202 g/mol. The van der Waals surface area contributed by atoms with Gasteiger partial charge in [0.25, 0.3) is 0 Å². The minimum absolute atomic E-state index is 0.0792. The van der Waals surface area contributed by atoms with Gasteiger partial charge in [-0.3, -0.25) is 9.79 Å². The topological polar surface area (TPSA) is 81.5 Å². The first-order valence-corrected chi connectivity index (χ1v) is 5.29. The number of guanidine groups is 1. The number of hydrogen-bond acceptors (Lipinski definition) is 2. The maximum absolute atomic E-state index is 11.5. The molecule has 0 aliphatic heterocycles. The third-order valence-corrected chi connectivity index (χ3v) is 2.15. The van der Waals surface area contributed by atoms with E-state index in [1.165, 1.54) is 0 Å². The van der Waals surface area contributed by atoms with Crippen LogP contribution in [0.3, 0.4) is 0 Å². The number of nitrogens with zero attached hydrogens (tertiary/aromatic N) is 1. The second kappa shape index (κ2) is 6.61. The van der Waals surface area contributed by atoms with Crippen LogP contribution < -0.4 is 11.5 Å². The number of hydrogen-bond donors (Lipinski definition) is 2. The Morgan fingerprint density at radius 3 is 2.50 bits per heavy atom. The van der Waals surface area contributed by atoms with Gasteiger partial charge in [0.15, 0.2) is 5.96 Å². The van der Waals surface area contributed by atoms with Crippen molar-refractivity contribution in [1.29, 1.82) is 0 Å². The second-order valence-corrected chi connectivity index (χ2v) is 3.61. The van der Waals surface area contributed by atoms with Crippen molar-refractivity contribution in [2.75, 3.05) is 6.54 Å².